The lowest BCUT2D eigenvalue weighted by Crippen LogP contribution is -2.29. The van der Waals surface area contributed by atoms with Crippen LogP contribution in [0, 0.1) is 0 Å². The first-order valence-electron chi connectivity index (χ1n) is 10.2. The monoisotopic (exact) mass is 483 g/mol. The van der Waals surface area contributed by atoms with Crippen LogP contribution in [0.15, 0.2) is 30.3 Å². The fourth-order valence-corrected chi connectivity index (χ4v) is 3.86. The lowest BCUT2D eigenvalue weighted by Gasteiger charge is -2.22. The second-order valence-corrected chi connectivity index (χ2v) is 7.40. The van der Waals surface area contributed by atoms with E-state index in [1.807, 2.05) is 12.1 Å². The lowest BCUT2D eigenvalue weighted by atomic mass is 9.87. The van der Waals surface area contributed by atoms with Crippen molar-refractivity contribution in [2.24, 2.45) is 0 Å². The molecule has 3 rings (SSSR count). The van der Waals surface area contributed by atoms with Gasteiger partial charge in [-0.05, 0) is 61.7 Å². The molecule has 8 nitrogen and oxygen atoms in total. The molecule has 1 aliphatic heterocycles. The van der Waals surface area contributed by atoms with E-state index in [9.17, 15) is 14.7 Å². The Kier molecular flexibility index (Phi) is 9.43. The Morgan fingerprint density at radius 2 is 1.75 bits per heavy atom. The number of aromatic hydroxyl groups is 1. The summed E-state index contributed by atoms with van der Waals surface area (Å²) in [6.07, 6.45) is -0.755. The van der Waals surface area contributed by atoms with Crippen molar-refractivity contribution in [3.63, 3.8) is 0 Å². The molecule has 1 aliphatic rings. The van der Waals surface area contributed by atoms with Crippen LogP contribution >= 0.6 is 24.0 Å². The van der Waals surface area contributed by atoms with Gasteiger partial charge in [0.25, 0.3) is 0 Å². The highest BCUT2D eigenvalue weighted by Gasteiger charge is 2.28. The van der Waals surface area contributed by atoms with Gasteiger partial charge in [-0.1, -0.05) is 23.7 Å². The predicted octanol–water partition coefficient (Wildman–Crippen LogP) is 3.96. The van der Waals surface area contributed by atoms with Gasteiger partial charge in [-0.2, -0.15) is 0 Å². The van der Waals surface area contributed by atoms with Crippen LogP contribution < -0.4 is 25.4 Å². The molecule has 0 fully saturated rings. The van der Waals surface area contributed by atoms with Gasteiger partial charge in [-0.3, -0.25) is 0 Å². The van der Waals surface area contributed by atoms with Gasteiger partial charge in [0.15, 0.2) is 11.5 Å². The summed E-state index contributed by atoms with van der Waals surface area (Å²) in [7, 11) is 0. The fourth-order valence-electron chi connectivity index (χ4n) is 3.53. The average molecular weight is 484 g/mol. The Bertz CT molecular complexity index is 954. The molecule has 2 aromatic carbocycles. The van der Waals surface area contributed by atoms with Crippen LogP contribution in [-0.4, -0.2) is 43.5 Å². The number of hydrogen-bond donors (Lipinski definition) is 4. The topological polar surface area (TPSA) is 109 Å². The Labute approximate surface area is 198 Å². The molecule has 0 spiro atoms. The summed E-state index contributed by atoms with van der Waals surface area (Å²) in [5.74, 6) is 0.135. The molecule has 0 bridgehead atoms. The molecule has 10 heteroatoms. The second kappa shape index (κ2) is 11.8. The number of fused-ring (bicyclic) bond motifs is 1. The molecule has 4 N–H and O–H groups in total. The molecule has 1 atom stereocenters. The van der Waals surface area contributed by atoms with Crippen LogP contribution in [0.25, 0.3) is 0 Å². The zero-order valence-electron chi connectivity index (χ0n) is 17.9. The molecule has 1 heterocycles. The number of rotatable bonds is 5. The third-order valence-electron chi connectivity index (χ3n) is 4.93. The maximum Gasteiger partial charge on any atom is 0.412 e. The van der Waals surface area contributed by atoms with Gasteiger partial charge in [0.05, 0.1) is 5.02 Å². The van der Waals surface area contributed by atoms with E-state index in [1.165, 1.54) is 0 Å². The normalized spacial score (nSPS) is 14.9. The average Bonchev–Trinajstić information content (AvgIpc) is 2.94. The van der Waals surface area contributed by atoms with Crippen molar-refractivity contribution >= 4 is 36.2 Å². The molecule has 0 unspecified atom stereocenters. The van der Waals surface area contributed by atoms with Crippen molar-refractivity contribution in [3.8, 4) is 17.2 Å². The van der Waals surface area contributed by atoms with Crippen molar-refractivity contribution in [2.75, 3.05) is 26.2 Å². The summed E-state index contributed by atoms with van der Waals surface area (Å²) >= 11 is 6.70. The van der Waals surface area contributed by atoms with E-state index in [1.54, 1.807) is 32.0 Å². The second-order valence-electron chi connectivity index (χ2n) is 7.02. The number of carbonyl (C=O) groups excluding carboxylic acids is 2. The third-order valence-corrected chi connectivity index (χ3v) is 5.33. The molecule has 0 saturated carbocycles. The van der Waals surface area contributed by atoms with Gasteiger partial charge in [-0.25, -0.2) is 9.59 Å². The largest absolute Gasteiger partial charge is 0.508 e. The Morgan fingerprint density at radius 1 is 1.12 bits per heavy atom. The molecule has 0 aromatic heterocycles. The summed E-state index contributed by atoms with van der Waals surface area (Å²) in [5.41, 5.74) is 2.64. The molecule has 0 radical (unpaired) electrons. The number of benzene rings is 2. The smallest absolute Gasteiger partial charge is 0.412 e. The third kappa shape index (κ3) is 5.97. The van der Waals surface area contributed by atoms with Gasteiger partial charge in [0.2, 0.25) is 0 Å². The number of phenolic OH excluding ortho intramolecular Hbond substituents is 1. The van der Waals surface area contributed by atoms with E-state index in [-0.39, 0.29) is 40.6 Å². The Balaban J connectivity index is 0.00000363. The summed E-state index contributed by atoms with van der Waals surface area (Å²) in [6.45, 7) is 5.60. The number of hydrogen-bond acceptors (Lipinski definition) is 6. The number of phenols is 1. The van der Waals surface area contributed by atoms with E-state index >= 15 is 0 Å². The van der Waals surface area contributed by atoms with Crippen molar-refractivity contribution in [1.29, 1.82) is 0 Å². The van der Waals surface area contributed by atoms with Gasteiger partial charge in [0.1, 0.15) is 5.75 Å². The first-order valence-corrected chi connectivity index (χ1v) is 10.6. The summed E-state index contributed by atoms with van der Waals surface area (Å²) in [6, 6.07) is 8.64. The van der Waals surface area contributed by atoms with Crippen LogP contribution in [0.4, 0.5) is 9.59 Å². The molecule has 32 heavy (non-hydrogen) atoms. The molecule has 2 amide bonds. The molecule has 2 aromatic rings. The van der Waals surface area contributed by atoms with Crippen LogP contribution in [0.3, 0.4) is 0 Å². The van der Waals surface area contributed by atoms with E-state index in [0.29, 0.717) is 32.6 Å². The fraction of sp³-hybridized carbons (Fsp3) is 0.364. The lowest BCUT2D eigenvalue weighted by molar-refractivity contribution is 0.190. The zero-order valence-corrected chi connectivity index (χ0v) is 19.4. The maximum atomic E-state index is 12.1. The first-order chi connectivity index (χ1) is 14.9. The predicted molar refractivity (Wildman–Crippen MR) is 125 cm³/mol. The molecule has 174 valence electrons. The van der Waals surface area contributed by atoms with Crippen molar-refractivity contribution in [1.82, 2.24) is 16.0 Å². The summed E-state index contributed by atoms with van der Waals surface area (Å²) in [4.78, 5) is 24.2. The van der Waals surface area contributed by atoms with E-state index in [2.05, 4.69) is 16.0 Å². The number of ether oxygens (including phenoxy) is 2. The highest BCUT2D eigenvalue weighted by molar-refractivity contribution is 6.33. The van der Waals surface area contributed by atoms with Crippen molar-refractivity contribution in [2.45, 2.75) is 26.2 Å². The van der Waals surface area contributed by atoms with Crippen LogP contribution in [-0.2, 0) is 6.42 Å². The standard InChI is InChI=1S/C22H26ClN3O5.ClH/c1-3-25-21(28)30-18-11-16-15(19(23)20(18)31-22(29)26-4-2)9-10-24-12-17(16)13-5-7-14(27)8-6-13;/h5-8,11,17,24,27H,3-4,9-10,12H2,1-2H3,(H,25,28)(H,26,29);1H/t17-;/m0./s1. The molecular weight excluding hydrogens is 457 g/mol. The molecule has 0 saturated heterocycles. The highest BCUT2D eigenvalue weighted by atomic mass is 35.5. The van der Waals surface area contributed by atoms with Gasteiger partial charge in [0, 0.05) is 25.6 Å². The van der Waals surface area contributed by atoms with E-state index < -0.39 is 12.2 Å². The SMILES string of the molecule is CCNC(=O)Oc1cc2c(c(Cl)c1OC(=O)NCC)CCNC[C@H]2c1ccc(O)cc1.Cl. The first kappa shape index (κ1) is 25.6. The number of halogens is 2. The minimum Gasteiger partial charge on any atom is -0.508 e. The number of nitrogens with one attached hydrogen (secondary N) is 3. The van der Waals surface area contributed by atoms with Gasteiger partial charge in [-0.15, -0.1) is 12.4 Å². The Hall–Kier alpha value is -2.68. The maximum absolute atomic E-state index is 12.1. The summed E-state index contributed by atoms with van der Waals surface area (Å²) in [5, 5.41) is 18.4. The van der Waals surface area contributed by atoms with Gasteiger partial charge < -0.3 is 30.5 Å². The van der Waals surface area contributed by atoms with Crippen molar-refractivity contribution in [3.05, 3.63) is 52.0 Å². The van der Waals surface area contributed by atoms with E-state index in [4.69, 9.17) is 21.1 Å². The molecule has 0 aliphatic carbocycles. The number of amides is 2. The molecular formula is C22H27Cl2N3O5. The summed E-state index contributed by atoms with van der Waals surface area (Å²) < 4.78 is 10.9. The zero-order chi connectivity index (χ0) is 22.4. The van der Waals surface area contributed by atoms with E-state index in [0.717, 1.165) is 16.7 Å². The minimum atomic E-state index is -0.688. The van der Waals surface area contributed by atoms with Gasteiger partial charge >= 0.3 is 12.2 Å². The quantitative estimate of drug-likeness (QED) is 0.512. The van der Waals surface area contributed by atoms with Crippen LogP contribution in [0.1, 0.15) is 36.5 Å². The number of carbonyl (C=O) groups is 2. The van der Waals surface area contributed by atoms with Crippen LogP contribution in [0.5, 0.6) is 17.2 Å². The van der Waals surface area contributed by atoms with Crippen molar-refractivity contribution < 1.29 is 24.2 Å². The van der Waals surface area contributed by atoms with Crippen LogP contribution in [0.2, 0.25) is 5.02 Å². The highest BCUT2D eigenvalue weighted by Crippen LogP contribution is 2.44. The minimum absolute atomic E-state index is 0. The Morgan fingerprint density at radius 3 is 2.38 bits per heavy atom.